The largest absolute Gasteiger partial charge is 0.492 e. The van der Waals surface area contributed by atoms with Crippen molar-refractivity contribution in [3.63, 3.8) is 0 Å². The average Bonchev–Trinajstić information content (AvgIpc) is 2.66. The van der Waals surface area contributed by atoms with Gasteiger partial charge >= 0.3 is 0 Å². The zero-order valence-electron chi connectivity index (χ0n) is 9.68. The summed E-state index contributed by atoms with van der Waals surface area (Å²) >= 11 is 9.17. The Kier molecular flexibility index (Phi) is 4.21. The van der Waals surface area contributed by atoms with Gasteiger partial charge in [-0.05, 0) is 34.1 Å². The van der Waals surface area contributed by atoms with Gasteiger partial charge in [-0.1, -0.05) is 22.9 Å². The molecular formula is C11H12BrClN4O. The van der Waals surface area contributed by atoms with Crippen LogP contribution in [-0.4, -0.2) is 21.6 Å². The zero-order chi connectivity index (χ0) is 13.1. The maximum atomic E-state index is 6.04. The molecule has 1 heterocycles. The summed E-state index contributed by atoms with van der Waals surface area (Å²) in [5.74, 6) is 0.684. The fraction of sp³-hybridized carbons (Fsp3) is 0.273. The molecular weight excluding hydrogens is 320 g/mol. The molecule has 5 nitrogen and oxygen atoms in total. The van der Waals surface area contributed by atoms with E-state index in [-0.39, 0.29) is 6.04 Å². The minimum atomic E-state index is -0.321. The lowest BCUT2D eigenvalue weighted by Crippen LogP contribution is -2.22. The Hall–Kier alpha value is -1.11. The van der Waals surface area contributed by atoms with Gasteiger partial charge in [-0.2, -0.15) is 0 Å². The first-order valence-corrected chi connectivity index (χ1v) is 6.44. The number of halogens is 2. The molecule has 0 amide bonds. The minimum absolute atomic E-state index is 0.320. The summed E-state index contributed by atoms with van der Waals surface area (Å²) in [6.07, 6.45) is 0. The lowest BCUT2D eigenvalue weighted by atomic mass is 10.2. The third-order valence-corrected chi connectivity index (χ3v) is 3.20. The van der Waals surface area contributed by atoms with Crippen molar-refractivity contribution in [2.24, 2.45) is 12.8 Å². The molecule has 1 aromatic carbocycles. The first kappa shape index (κ1) is 13.3. The van der Waals surface area contributed by atoms with E-state index < -0.39 is 0 Å². The molecule has 7 heteroatoms. The van der Waals surface area contributed by atoms with E-state index in [1.807, 2.05) is 12.1 Å². The summed E-state index contributed by atoms with van der Waals surface area (Å²) in [6.45, 7) is 0.320. The molecule has 0 saturated heterocycles. The van der Waals surface area contributed by atoms with Gasteiger partial charge in [0.2, 0.25) is 0 Å². The van der Waals surface area contributed by atoms with Crippen LogP contribution in [0.4, 0.5) is 0 Å². The summed E-state index contributed by atoms with van der Waals surface area (Å²) in [6, 6.07) is 6.86. The van der Waals surface area contributed by atoms with Crippen LogP contribution < -0.4 is 10.5 Å². The van der Waals surface area contributed by atoms with Crippen LogP contribution in [0.5, 0.6) is 5.75 Å². The highest BCUT2D eigenvalue weighted by Gasteiger charge is 2.16. The number of aromatic nitrogens is 3. The molecule has 0 aliphatic rings. The Bertz CT molecular complexity index is 526. The van der Waals surface area contributed by atoms with Crippen LogP contribution in [0, 0.1) is 0 Å². The van der Waals surface area contributed by atoms with Crippen molar-refractivity contribution < 1.29 is 4.74 Å². The van der Waals surface area contributed by atoms with Crippen LogP contribution in [0.1, 0.15) is 11.7 Å². The lowest BCUT2D eigenvalue weighted by molar-refractivity contribution is 0.285. The van der Waals surface area contributed by atoms with Crippen LogP contribution in [0.3, 0.4) is 0 Å². The molecule has 0 aliphatic carbocycles. The van der Waals surface area contributed by atoms with E-state index in [1.54, 1.807) is 23.9 Å². The molecule has 0 fully saturated rings. The van der Waals surface area contributed by atoms with E-state index in [1.165, 1.54) is 0 Å². The number of hydrogen-bond acceptors (Lipinski definition) is 4. The number of rotatable bonds is 4. The average molecular weight is 332 g/mol. The van der Waals surface area contributed by atoms with Gasteiger partial charge < -0.3 is 10.5 Å². The lowest BCUT2D eigenvalue weighted by Gasteiger charge is -2.13. The van der Waals surface area contributed by atoms with Gasteiger partial charge in [0, 0.05) is 12.1 Å². The number of ether oxygens (including phenoxy) is 1. The molecule has 2 N–H and O–H groups in total. The van der Waals surface area contributed by atoms with Crippen molar-refractivity contribution in [2.75, 3.05) is 6.61 Å². The van der Waals surface area contributed by atoms with Crippen LogP contribution in [-0.2, 0) is 7.05 Å². The monoisotopic (exact) mass is 330 g/mol. The minimum Gasteiger partial charge on any atom is -0.492 e. The summed E-state index contributed by atoms with van der Waals surface area (Å²) in [4.78, 5) is 0. The smallest absolute Gasteiger partial charge is 0.153 e. The third kappa shape index (κ3) is 3.01. The normalized spacial score (nSPS) is 12.4. The number of benzene rings is 1. The third-order valence-electron chi connectivity index (χ3n) is 2.40. The highest BCUT2D eigenvalue weighted by molar-refractivity contribution is 9.10. The second-order valence-corrected chi connectivity index (χ2v) is 4.95. The van der Waals surface area contributed by atoms with E-state index in [4.69, 9.17) is 22.1 Å². The van der Waals surface area contributed by atoms with Gasteiger partial charge in [-0.15, -0.1) is 5.10 Å². The first-order valence-electron chi connectivity index (χ1n) is 5.27. The Morgan fingerprint density at radius 2 is 2.33 bits per heavy atom. The van der Waals surface area contributed by atoms with E-state index in [2.05, 4.69) is 26.2 Å². The van der Waals surface area contributed by atoms with Crippen LogP contribution in [0.25, 0.3) is 0 Å². The highest BCUT2D eigenvalue weighted by atomic mass is 79.9. The quantitative estimate of drug-likeness (QED) is 0.933. The topological polar surface area (TPSA) is 66.0 Å². The van der Waals surface area contributed by atoms with Gasteiger partial charge in [0.05, 0.1) is 11.7 Å². The fourth-order valence-electron chi connectivity index (χ4n) is 1.55. The molecule has 1 unspecified atom stereocenters. The van der Waals surface area contributed by atoms with Crippen molar-refractivity contribution in [1.82, 2.24) is 15.0 Å². The molecule has 0 saturated carbocycles. The van der Waals surface area contributed by atoms with Crippen molar-refractivity contribution in [2.45, 2.75) is 6.04 Å². The van der Waals surface area contributed by atoms with E-state index in [9.17, 15) is 0 Å². The van der Waals surface area contributed by atoms with E-state index in [0.717, 1.165) is 5.69 Å². The summed E-state index contributed by atoms with van der Waals surface area (Å²) in [5.41, 5.74) is 6.83. The zero-order valence-corrected chi connectivity index (χ0v) is 12.0. The first-order chi connectivity index (χ1) is 8.58. The predicted octanol–water partition coefficient (Wildman–Crippen LogP) is 2.31. The van der Waals surface area contributed by atoms with Gasteiger partial charge in [0.15, 0.2) is 4.60 Å². The van der Waals surface area contributed by atoms with Crippen LogP contribution in [0.15, 0.2) is 28.9 Å². The Balaban J connectivity index is 2.03. The van der Waals surface area contributed by atoms with Crippen LogP contribution >= 0.6 is 27.5 Å². The van der Waals surface area contributed by atoms with Gasteiger partial charge in [0.25, 0.3) is 0 Å². The van der Waals surface area contributed by atoms with Crippen molar-refractivity contribution >= 4 is 27.5 Å². The molecule has 1 aromatic heterocycles. The number of nitrogens with two attached hydrogens (primary N) is 1. The van der Waals surface area contributed by atoms with Crippen molar-refractivity contribution in [1.29, 1.82) is 0 Å². The number of hydrogen-bond donors (Lipinski definition) is 1. The standard InChI is InChI=1S/C11H12BrClN4O/c1-17-10(11(12)15-16-17)9(14)6-18-8-4-2-3-7(13)5-8/h2-5,9H,6,14H2,1H3. The maximum Gasteiger partial charge on any atom is 0.153 e. The van der Waals surface area contributed by atoms with Gasteiger partial charge in [0.1, 0.15) is 12.4 Å². The van der Waals surface area contributed by atoms with E-state index in [0.29, 0.717) is 22.0 Å². The Morgan fingerprint density at radius 1 is 1.56 bits per heavy atom. The molecule has 0 radical (unpaired) electrons. The molecule has 96 valence electrons. The van der Waals surface area contributed by atoms with E-state index >= 15 is 0 Å². The highest BCUT2D eigenvalue weighted by Crippen LogP contribution is 2.21. The Labute approximate surface area is 118 Å². The Morgan fingerprint density at radius 3 is 2.94 bits per heavy atom. The molecule has 1 atom stereocenters. The fourth-order valence-corrected chi connectivity index (χ4v) is 2.36. The summed E-state index contributed by atoms with van der Waals surface area (Å²) < 4.78 is 7.84. The molecule has 0 bridgehead atoms. The molecule has 2 rings (SSSR count). The number of aryl methyl sites for hydroxylation is 1. The maximum absolute atomic E-state index is 6.04. The summed E-state index contributed by atoms with van der Waals surface area (Å²) in [5, 5.41) is 8.38. The second-order valence-electron chi connectivity index (χ2n) is 3.76. The molecule has 0 aliphatic heterocycles. The van der Waals surface area contributed by atoms with Gasteiger partial charge in [-0.25, -0.2) is 4.68 Å². The predicted molar refractivity (Wildman–Crippen MR) is 72.6 cm³/mol. The van der Waals surface area contributed by atoms with Crippen molar-refractivity contribution in [3.8, 4) is 5.75 Å². The SMILES string of the molecule is Cn1nnc(Br)c1C(N)COc1cccc(Cl)c1. The van der Waals surface area contributed by atoms with Crippen molar-refractivity contribution in [3.05, 3.63) is 39.6 Å². The van der Waals surface area contributed by atoms with Crippen LogP contribution in [0.2, 0.25) is 5.02 Å². The molecule has 0 spiro atoms. The summed E-state index contributed by atoms with van der Waals surface area (Å²) in [7, 11) is 1.78. The molecule has 18 heavy (non-hydrogen) atoms. The molecule has 2 aromatic rings. The van der Waals surface area contributed by atoms with Gasteiger partial charge in [-0.3, -0.25) is 0 Å². The second kappa shape index (κ2) is 5.69. The number of nitrogens with zero attached hydrogens (tertiary/aromatic N) is 3.